The van der Waals surface area contributed by atoms with E-state index < -0.39 is 43.3 Å². The topological polar surface area (TPSA) is 93.4 Å². The first kappa shape index (κ1) is 18.0. The fraction of sp³-hybridized carbons (Fsp3) is 0.600. The van der Waals surface area contributed by atoms with Gasteiger partial charge in [-0.1, -0.05) is 0 Å². The predicted octanol–water partition coefficient (Wildman–Crippen LogP) is 1.33. The summed E-state index contributed by atoms with van der Waals surface area (Å²) in [5.41, 5.74) is -4.78. The highest BCUT2D eigenvalue weighted by Crippen LogP contribution is 2.24. The van der Waals surface area contributed by atoms with Gasteiger partial charge in [0.2, 0.25) is 19.9 Å². The van der Waals surface area contributed by atoms with E-state index in [9.17, 15) is 30.0 Å². The maximum atomic E-state index is 12.1. The summed E-state index contributed by atoms with van der Waals surface area (Å²) >= 11 is 0. The number of sulfone groups is 1. The van der Waals surface area contributed by atoms with Gasteiger partial charge in [0.15, 0.2) is 0 Å². The summed E-state index contributed by atoms with van der Waals surface area (Å²) in [6.07, 6.45) is 0.733. The Labute approximate surface area is 120 Å². The summed E-state index contributed by atoms with van der Waals surface area (Å²) in [5.74, 6) is -1.46. The second kappa shape index (κ2) is 6.36. The number of sulfonamides is 1. The summed E-state index contributed by atoms with van der Waals surface area (Å²) in [4.78, 5) is 0. The molecular weight excluding hydrogens is 335 g/mol. The SMILES string of the molecule is Cc1occc1CNS(=O)(=O)CCCS(=O)(=O)C(F)(F)F. The van der Waals surface area contributed by atoms with Gasteiger partial charge >= 0.3 is 5.51 Å². The van der Waals surface area contributed by atoms with E-state index in [0.29, 0.717) is 11.3 Å². The van der Waals surface area contributed by atoms with Crippen LogP contribution in [0.4, 0.5) is 13.2 Å². The number of furan rings is 1. The minimum atomic E-state index is -5.36. The summed E-state index contributed by atoms with van der Waals surface area (Å²) in [6, 6.07) is 1.55. The van der Waals surface area contributed by atoms with Crippen LogP contribution < -0.4 is 4.72 Å². The van der Waals surface area contributed by atoms with Gasteiger partial charge in [0, 0.05) is 12.1 Å². The number of rotatable bonds is 7. The first-order valence-electron chi connectivity index (χ1n) is 5.74. The molecule has 1 rings (SSSR count). The number of alkyl halides is 3. The molecule has 0 amide bonds. The molecule has 6 nitrogen and oxygen atoms in total. The molecule has 0 atom stereocenters. The lowest BCUT2D eigenvalue weighted by atomic mass is 10.3. The third kappa shape index (κ3) is 5.32. The average Bonchev–Trinajstić information content (AvgIpc) is 2.70. The first-order chi connectivity index (χ1) is 9.45. The summed E-state index contributed by atoms with van der Waals surface area (Å²) in [7, 11) is -9.16. The van der Waals surface area contributed by atoms with E-state index in [1.165, 1.54) is 6.26 Å². The smallest absolute Gasteiger partial charge is 0.469 e. The number of nitrogens with one attached hydrogen (secondary N) is 1. The Morgan fingerprint density at radius 3 is 2.29 bits per heavy atom. The van der Waals surface area contributed by atoms with E-state index >= 15 is 0 Å². The lowest BCUT2D eigenvalue weighted by Gasteiger charge is -2.08. The van der Waals surface area contributed by atoms with Gasteiger partial charge in [-0.15, -0.1) is 0 Å². The van der Waals surface area contributed by atoms with Gasteiger partial charge in [-0.25, -0.2) is 21.6 Å². The normalized spacial score (nSPS) is 13.5. The molecule has 0 aromatic carbocycles. The van der Waals surface area contributed by atoms with Crippen molar-refractivity contribution in [3.05, 3.63) is 23.7 Å². The van der Waals surface area contributed by atoms with Crippen molar-refractivity contribution in [2.45, 2.75) is 25.4 Å². The molecule has 0 unspecified atom stereocenters. The van der Waals surface area contributed by atoms with Crippen molar-refractivity contribution in [1.29, 1.82) is 0 Å². The summed E-state index contributed by atoms with van der Waals surface area (Å²) < 4.78 is 88.0. The standard InChI is InChI=1S/C10H14F3NO5S2/c1-8-9(3-4-19-8)7-14-21(17,18)6-2-5-20(15,16)10(11,12)13/h3-4,14H,2,5-7H2,1H3. The van der Waals surface area contributed by atoms with Gasteiger partial charge in [-0.2, -0.15) is 13.2 Å². The van der Waals surface area contributed by atoms with Crippen LogP contribution in [-0.2, 0) is 26.4 Å². The van der Waals surface area contributed by atoms with Crippen LogP contribution in [0.25, 0.3) is 0 Å². The van der Waals surface area contributed by atoms with Crippen LogP contribution in [-0.4, -0.2) is 33.8 Å². The van der Waals surface area contributed by atoms with Gasteiger partial charge < -0.3 is 4.42 Å². The van der Waals surface area contributed by atoms with E-state index in [1.807, 2.05) is 0 Å². The van der Waals surface area contributed by atoms with E-state index in [4.69, 9.17) is 4.42 Å². The van der Waals surface area contributed by atoms with Crippen LogP contribution in [0.2, 0.25) is 0 Å². The van der Waals surface area contributed by atoms with Crippen molar-refractivity contribution in [2.75, 3.05) is 11.5 Å². The molecule has 0 radical (unpaired) electrons. The number of aryl methyl sites for hydroxylation is 1. The molecule has 0 fully saturated rings. The van der Waals surface area contributed by atoms with Crippen LogP contribution in [0.5, 0.6) is 0 Å². The van der Waals surface area contributed by atoms with E-state index in [0.717, 1.165) is 0 Å². The molecule has 0 saturated heterocycles. The molecular formula is C10H14F3NO5S2. The number of hydrogen-bond donors (Lipinski definition) is 1. The largest absolute Gasteiger partial charge is 0.497 e. The molecule has 21 heavy (non-hydrogen) atoms. The van der Waals surface area contributed by atoms with Crippen LogP contribution in [0.15, 0.2) is 16.7 Å². The molecule has 1 N–H and O–H groups in total. The van der Waals surface area contributed by atoms with Crippen LogP contribution in [0.1, 0.15) is 17.7 Å². The molecule has 0 aliphatic carbocycles. The minimum absolute atomic E-state index is 0.0727. The van der Waals surface area contributed by atoms with Gasteiger partial charge in [-0.05, 0) is 19.4 Å². The Balaban J connectivity index is 2.49. The third-order valence-electron chi connectivity index (χ3n) is 2.63. The fourth-order valence-corrected chi connectivity index (χ4v) is 3.39. The Hall–Kier alpha value is -1.07. The monoisotopic (exact) mass is 349 g/mol. The second-order valence-corrected chi connectivity index (χ2v) is 8.29. The fourth-order valence-electron chi connectivity index (χ4n) is 1.41. The second-order valence-electron chi connectivity index (χ2n) is 4.26. The van der Waals surface area contributed by atoms with Crippen molar-refractivity contribution >= 4 is 19.9 Å². The third-order valence-corrected chi connectivity index (χ3v) is 5.57. The molecule has 0 bridgehead atoms. The van der Waals surface area contributed by atoms with Crippen LogP contribution in [0.3, 0.4) is 0 Å². The van der Waals surface area contributed by atoms with Gasteiger partial charge in [0.1, 0.15) is 5.76 Å². The highest BCUT2D eigenvalue weighted by Gasteiger charge is 2.44. The molecule has 0 spiro atoms. The van der Waals surface area contributed by atoms with Crippen LogP contribution in [0, 0.1) is 6.92 Å². The highest BCUT2D eigenvalue weighted by molar-refractivity contribution is 7.92. The zero-order valence-electron chi connectivity index (χ0n) is 11.0. The molecule has 1 heterocycles. The van der Waals surface area contributed by atoms with Gasteiger partial charge in [-0.3, -0.25) is 0 Å². The Morgan fingerprint density at radius 2 is 1.81 bits per heavy atom. The van der Waals surface area contributed by atoms with Crippen molar-refractivity contribution in [3.63, 3.8) is 0 Å². The number of hydrogen-bond acceptors (Lipinski definition) is 5. The molecule has 1 aromatic rings. The molecule has 11 heteroatoms. The maximum absolute atomic E-state index is 12.1. The van der Waals surface area contributed by atoms with Crippen molar-refractivity contribution in [3.8, 4) is 0 Å². The molecule has 0 aliphatic rings. The highest BCUT2D eigenvalue weighted by atomic mass is 32.2. The average molecular weight is 349 g/mol. The summed E-state index contributed by atoms with van der Waals surface area (Å²) in [5, 5.41) is 0. The quantitative estimate of drug-likeness (QED) is 0.802. The lowest BCUT2D eigenvalue weighted by molar-refractivity contribution is -0.0435. The van der Waals surface area contributed by atoms with Gasteiger partial charge in [0.25, 0.3) is 0 Å². The Kier molecular flexibility index (Phi) is 5.45. The Morgan fingerprint density at radius 1 is 1.19 bits per heavy atom. The van der Waals surface area contributed by atoms with E-state index in [-0.39, 0.29) is 6.54 Å². The zero-order chi connectivity index (χ0) is 16.3. The predicted molar refractivity (Wildman–Crippen MR) is 68.5 cm³/mol. The Bertz CT molecular complexity index is 676. The summed E-state index contributed by atoms with van der Waals surface area (Å²) in [6.45, 7) is 1.55. The van der Waals surface area contributed by atoms with Crippen molar-refractivity contribution in [1.82, 2.24) is 4.72 Å². The molecule has 122 valence electrons. The molecule has 0 saturated carbocycles. The van der Waals surface area contributed by atoms with Crippen molar-refractivity contribution < 1.29 is 34.4 Å². The minimum Gasteiger partial charge on any atom is -0.469 e. The number of halogens is 3. The lowest BCUT2D eigenvalue weighted by Crippen LogP contribution is -2.30. The van der Waals surface area contributed by atoms with E-state index in [2.05, 4.69) is 4.72 Å². The van der Waals surface area contributed by atoms with E-state index in [1.54, 1.807) is 13.0 Å². The molecule has 1 aromatic heterocycles. The van der Waals surface area contributed by atoms with Gasteiger partial charge in [0.05, 0.1) is 17.8 Å². The maximum Gasteiger partial charge on any atom is 0.497 e. The molecule has 0 aliphatic heterocycles. The zero-order valence-corrected chi connectivity index (χ0v) is 12.6. The van der Waals surface area contributed by atoms with Crippen molar-refractivity contribution in [2.24, 2.45) is 0 Å². The first-order valence-corrected chi connectivity index (χ1v) is 9.04. The van der Waals surface area contributed by atoms with Crippen LogP contribution >= 0.6 is 0 Å².